The lowest BCUT2D eigenvalue weighted by atomic mass is 10.2. The van der Waals surface area contributed by atoms with Crippen LogP contribution in [0.25, 0.3) is 11.0 Å². The number of hydrogen-bond acceptors (Lipinski definition) is 4. The summed E-state index contributed by atoms with van der Waals surface area (Å²) in [6, 6.07) is 22.4. The van der Waals surface area contributed by atoms with Gasteiger partial charge < -0.3 is 19.4 Å². The smallest absolute Gasteiger partial charge is 0.251 e. The van der Waals surface area contributed by atoms with Gasteiger partial charge in [0.2, 0.25) is 0 Å². The van der Waals surface area contributed by atoms with Gasteiger partial charge in [0.15, 0.2) is 0 Å². The molecule has 6 nitrogen and oxygen atoms in total. The van der Waals surface area contributed by atoms with E-state index in [1.807, 2.05) is 36.4 Å². The molecule has 1 amide bonds. The molecule has 0 fully saturated rings. The van der Waals surface area contributed by atoms with Gasteiger partial charge in [-0.2, -0.15) is 0 Å². The molecule has 164 valence electrons. The maximum atomic E-state index is 12.4. The second-order valence-electron chi connectivity index (χ2n) is 7.21. The summed E-state index contributed by atoms with van der Waals surface area (Å²) in [5.74, 6) is 2.27. The molecule has 0 aliphatic carbocycles. The zero-order valence-corrected chi connectivity index (χ0v) is 18.5. The molecule has 4 aromatic rings. The van der Waals surface area contributed by atoms with E-state index >= 15 is 0 Å². The Morgan fingerprint density at radius 3 is 2.47 bits per heavy atom. The molecule has 0 spiro atoms. The minimum Gasteiger partial charge on any atom is -0.497 e. The quantitative estimate of drug-likeness (QED) is 0.400. The maximum absolute atomic E-state index is 12.4. The molecule has 1 aromatic heterocycles. The third-order valence-electron chi connectivity index (χ3n) is 5.12. The first-order chi connectivity index (χ1) is 15.6. The van der Waals surface area contributed by atoms with Crippen molar-refractivity contribution < 1.29 is 14.3 Å². The number of amides is 1. The first kappa shape index (κ1) is 21.7. The highest BCUT2D eigenvalue weighted by Gasteiger charge is 2.12. The van der Waals surface area contributed by atoms with Gasteiger partial charge in [-0.3, -0.25) is 4.79 Å². The molecule has 1 N–H and O–H groups in total. The predicted molar refractivity (Wildman–Crippen MR) is 126 cm³/mol. The van der Waals surface area contributed by atoms with Crippen LogP contribution in [0.4, 0.5) is 0 Å². The predicted octanol–water partition coefficient (Wildman–Crippen LogP) is 4.75. The van der Waals surface area contributed by atoms with Crippen LogP contribution < -0.4 is 14.8 Å². The molecule has 0 saturated carbocycles. The molecular weight excluding hydrogens is 426 g/mol. The topological polar surface area (TPSA) is 65.4 Å². The van der Waals surface area contributed by atoms with Gasteiger partial charge in [0.25, 0.3) is 5.91 Å². The first-order valence-corrected chi connectivity index (χ1v) is 10.8. The van der Waals surface area contributed by atoms with Crippen molar-refractivity contribution in [1.82, 2.24) is 14.9 Å². The van der Waals surface area contributed by atoms with Crippen molar-refractivity contribution in [1.29, 1.82) is 0 Å². The number of hydrogen-bond donors (Lipinski definition) is 1. The third kappa shape index (κ3) is 5.21. The number of rotatable bonds is 9. The number of carbonyl (C=O) groups excluding carboxylic acids is 1. The average molecular weight is 450 g/mol. The van der Waals surface area contributed by atoms with Gasteiger partial charge in [-0.1, -0.05) is 23.7 Å². The van der Waals surface area contributed by atoms with Crippen LogP contribution in [0.3, 0.4) is 0 Å². The Labute approximate surface area is 191 Å². The van der Waals surface area contributed by atoms with E-state index in [2.05, 4.69) is 9.88 Å². The number of benzene rings is 3. The van der Waals surface area contributed by atoms with Crippen molar-refractivity contribution in [3.05, 3.63) is 89.2 Å². The molecule has 0 saturated heterocycles. The number of para-hydroxylation sites is 2. The number of methoxy groups -OCH3 is 1. The summed E-state index contributed by atoms with van der Waals surface area (Å²) in [4.78, 5) is 17.2. The minimum absolute atomic E-state index is 0.124. The first-order valence-electron chi connectivity index (χ1n) is 10.4. The van der Waals surface area contributed by atoms with Crippen LogP contribution in [0.1, 0.15) is 16.2 Å². The van der Waals surface area contributed by atoms with Gasteiger partial charge in [-0.25, -0.2) is 4.98 Å². The molecular formula is C25H24ClN3O3. The summed E-state index contributed by atoms with van der Waals surface area (Å²) in [6.45, 7) is 1.62. The summed E-state index contributed by atoms with van der Waals surface area (Å²) in [7, 11) is 1.60. The van der Waals surface area contributed by atoms with Gasteiger partial charge in [0.05, 0.1) is 24.7 Å². The average Bonchev–Trinajstić information content (AvgIpc) is 3.17. The molecule has 3 aromatic carbocycles. The number of fused-ring (bicyclic) bond motifs is 1. The van der Waals surface area contributed by atoms with E-state index in [0.717, 1.165) is 28.4 Å². The number of halogens is 1. The second-order valence-corrected chi connectivity index (χ2v) is 7.64. The molecule has 0 atom stereocenters. The van der Waals surface area contributed by atoms with Crippen molar-refractivity contribution in [3.63, 3.8) is 0 Å². The number of ether oxygens (including phenoxy) is 2. The lowest BCUT2D eigenvalue weighted by molar-refractivity contribution is 0.0954. The summed E-state index contributed by atoms with van der Waals surface area (Å²) in [5.41, 5.74) is 2.56. The lowest BCUT2D eigenvalue weighted by Crippen LogP contribution is -2.26. The number of carbonyl (C=O) groups is 1. The highest BCUT2D eigenvalue weighted by Crippen LogP contribution is 2.18. The molecule has 32 heavy (non-hydrogen) atoms. The monoisotopic (exact) mass is 449 g/mol. The van der Waals surface area contributed by atoms with Crippen LogP contribution in [0.5, 0.6) is 11.5 Å². The van der Waals surface area contributed by atoms with Crippen molar-refractivity contribution >= 4 is 28.5 Å². The summed E-state index contributed by atoms with van der Waals surface area (Å²) in [5, 5.41) is 3.64. The van der Waals surface area contributed by atoms with Gasteiger partial charge in [-0.15, -0.1) is 0 Å². The highest BCUT2D eigenvalue weighted by molar-refractivity contribution is 6.30. The Morgan fingerprint density at radius 2 is 1.72 bits per heavy atom. The fourth-order valence-corrected chi connectivity index (χ4v) is 3.61. The van der Waals surface area contributed by atoms with E-state index < -0.39 is 0 Å². The number of nitrogens with one attached hydrogen (secondary N) is 1. The lowest BCUT2D eigenvalue weighted by Gasteiger charge is -2.11. The third-order valence-corrected chi connectivity index (χ3v) is 5.37. The maximum Gasteiger partial charge on any atom is 0.251 e. The number of aromatic nitrogens is 2. The van der Waals surface area contributed by atoms with E-state index in [1.54, 1.807) is 43.5 Å². The van der Waals surface area contributed by atoms with Crippen LogP contribution in [0, 0.1) is 0 Å². The van der Waals surface area contributed by atoms with Crippen LogP contribution in [-0.2, 0) is 13.0 Å². The molecule has 0 radical (unpaired) electrons. The zero-order valence-electron chi connectivity index (χ0n) is 17.8. The standard InChI is InChI=1S/C25H24ClN3O3/c1-31-20-10-6-18(7-11-20)25(30)27-15-14-24-28-22-4-2-3-5-23(22)29(24)16-17-32-21-12-8-19(26)9-13-21/h2-13H,14-17H2,1H3,(H,27,30). The van der Waals surface area contributed by atoms with Crippen molar-refractivity contribution in [3.8, 4) is 11.5 Å². The Bertz CT molecular complexity index is 1190. The summed E-state index contributed by atoms with van der Waals surface area (Å²) >= 11 is 5.93. The van der Waals surface area contributed by atoms with Crippen LogP contribution in [0.2, 0.25) is 5.02 Å². The molecule has 0 bridgehead atoms. The van der Waals surface area contributed by atoms with Gasteiger partial charge in [0.1, 0.15) is 23.9 Å². The summed E-state index contributed by atoms with van der Waals surface area (Å²) < 4.78 is 13.2. The van der Waals surface area contributed by atoms with Gasteiger partial charge in [-0.05, 0) is 60.7 Å². The molecule has 0 aliphatic rings. The Hall–Kier alpha value is -3.51. The van der Waals surface area contributed by atoms with Crippen molar-refractivity contribution in [2.24, 2.45) is 0 Å². The summed E-state index contributed by atoms with van der Waals surface area (Å²) in [6.07, 6.45) is 0.609. The Morgan fingerprint density at radius 1 is 1.00 bits per heavy atom. The minimum atomic E-state index is -0.124. The Kier molecular flexibility index (Phi) is 6.92. The molecule has 7 heteroatoms. The largest absolute Gasteiger partial charge is 0.497 e. The fraction of sp³-hybridized carbons (Fsp3) is 0.200. The Balaban J connectivity index is 1.40. The van der Waals surface area contributed by atoms with Crippen molar-refractivity contribution in [2.75, 3.05) is 20.3 Å². The number of nitrogens with zero attached hydrogens (tertiary/aromatic N) is 2. The molecule has 0 unspecified atom stereocenters. The second kappa shape index (κ2) is 10.2. The van der Waals surface area contributed by atoms with Crippen LogP contribution in [0.15, 0.2) is 72.8 Å². The van der Waals surface area contributed by atoms with E-state index in [0.29, 0.717) is 36.7 Å². The van der Waals surface area contributed by atoms with Crippen LogP contribution in [-0.4, -0.2) is 35.7 Å². The molecule has 4 rings (SSSR count). The SMILES string of the molecule is COc1ccc(C(=O)NCCc2nc3ccccc3n2CCOc2ccc(Cl)cc2)cc1. The van der Waals surface area contributed by atoms with E-state index in [-0.39, 0.29) is 5.91 Å². The number of imidazole rings is 1. The molecule has 1 heterocycles. The van der Waals surface area contributed by atoms with Gasteiger partial charge >= 0.3 is 0 Å². The van der Waals surface area contributed by atoms with E-state index in [4.69, 9.17) is 26.1 Å². The zero-order chi connectivity index (χ0) is 22.3. The molecule has 0 aliphatic heterocycles. The van der Waals surface area contributed by atoms with Gasteiger partial charge in [0, 0.05) is 23.6 Å². The van der Waals surface area contributed by atoms with E-state index in [9.17, 15) is 4.79 Å². The normalized spacial score (nSPS) is 10.8. The van der Waals surface area contributed by atoms with Crippen molar-refractivity contribution in [2.45, 2.75) is 13.0 Å². The highest BCUT2D eigenvalue weighted by atomic mass is 35.5. The fourth-order valence-electron chi connectivity index (χ4n) is 3.48. The van der Waals surface area contributed by atoms with E-state index in [1.165, 1.54) is 0 Å². The van der Waals surface area contributed by atoms with Crippen LogP contribution >= 0.6 is 11.6 Å².